The fourth-order valence-corrected chi connectivity index (χ4v) is 5.56. The van der Waals surface area contributed by atoms with E-state index in [-0.39, 0.29) is 6.75 Å². The van der Waals surface area contributed by atoms with Gasteiger partial charge >= 0.3 is 0 Å². The number of hydrogen-bond acceptors (Lipinski definition) is 1. The molecule has 52 valence electrons. The number of hydrogen-bond donors (Lipinski definition) is 0. The van der Waals surface area contributed by atoms with Crippen LogP contribution in [0.5, 0.6) is 0 Å². The molecule has 0 aliphatic carbocycles. The first-order chi connectivity index (χ1) is 4.24. The summed E-state index contributed by atoms with van der Waals surface area (Å²) in [6, 6.07) is 0. The van der Waals surface area contributed by atoms with Crippen LogP contribution in [0.2, 0.25) is 0 Å². The summed E-state index contributed by atoms with van der Waals surface area (Å²) in [6.07, 6.45) is 6.89. The van der Waals surface area contributed by atoms with Crippen LogP contribution in [0, 0.1) is 0 Å². The van der Waals surface area contributed by atoms with Crippen LogP contribution in [0.1, 0.15) is 26.7 Å². The lowest BCUT2D eigenvalue weighted by atomic mass is 10.2. The minimum atomic E-state index is 0.0953. The van der Waals surface area contributed by atoms with E-state index in [9.17, 15) is 0 Å². The van der Waals surface area contributed by atoms with Crippen LogP contribution in [0.25, 0.3) is 0 Å². The van der Waals surface area contributed by atoms with Crippen LogP contribution in [0.4, 0.5) is 0 Å². The standard InChI is InChI=1S/C7H14PS/c1-4-7-5-6(2)8(3)9-7/h6-7H,3-5H2,1-2H3/q+1. The predicted octanol–water partition coefficient (Wildman–Crippen LogP) is 3.12. The summed E-state index contributed by atoms with van der Waals surface area (Å²) < 4.78 is 0. The van der Waals surface area contributed by atoms with Gasteiger partial charge in [0.2, 0.25) is 0 Å². The van der Waals surface area contributed by atoms with Gasteiger partial charge in [-0.25, -0.2) is 0 Å². The van der Waals surface area contributed by atoms with Crippen LogP contribution >= 0.6 is 18.1 Å². The fraction of sp³-hybridized carbons (Fsp3) is 0.857. The van der Waals surface area contributed by atoms with Gasteiger partial charge in [-0.2, -0.15) is 0 Å². The van der Waals surface area contributed by atoms with Gasteiger partial charge < -0.3 is 0 Å². The maximum Gasteiger partial charge on any atom is 0.160 e. The van der Waals surface area contributed by atoms with Gasteiger partial charge in [0.25, 0.3) is 0 Å². The Kier molecular flexibility index (Phi) is 2.60. The maximum absolute atomic E-state index is 4.14. The molecule has 3 atom stereocenters. The van der Waals surface area contributed by atoms with Crippen LogP contribution in [0.3, 0.4) is 0 Å². The Labute approximate surface area is 62.6 Å². The monoisotopic (exact) mass is 161 g/mol. The second kappa shape index (κ2) is 3.07. The first kappa shape index (κ1) is 7.63. The van der Waals surface area contributed by atoms with Gasteiger partial charge in [-0.1, -0.05) is 6.92 Å². The molecule has 9 heavy (non-hydrogen) atoms. The molecule has 1 saturated heterocycles. The molecule has 0 N–H and O–H groups in total. The van der Waals surface area contributed by atoms with Crippen molar-refractivity contribution in [1.82, 2.24) is 0 Å². The molecule has 1 aliphatic heterocycles. The average Bonchev–Trinajstić information content (AvgIpc) is 2.13. The fourth-order valence-electron chi connectivity index (χ4n) is 1.08. The number of rotatable bonds is 1. The highest BCUT2D eigenvalue weighted by molar-refractivity contribution is 8.55. The van der Waals surface area contributed by atoms with Gasteiger partial charge in [-0.15, -0.1) is 0 Å². The first-order valence-electron chi connectivity index (χ1n) is 3.50. The van der Waals surface area contributed by atoms with E-state index in [4.69, 9.17) is 0 Å². The van der Waals surface area contributed by atoms with E-state index in [1.807, 2.05) is 0 Å². The zero-order valence-electron chi connectivity index (χ0n) is 6.13. The smallest absolute Gasteiger partial charge is 0.0642 e. The molecule has 1 heterocycles. The Morgan fingerprint density at radius 3 is 2.67 bits per heavy atom. The lowest BCUT2D eigenvalue weighted by Gasteiger charge is -1.94. The van der Waals surface area contributed by atoms with Crippen molar-refractivity contribution in [2.24, 2.45) is 0 Å². The van der Waals surface area contributed by atoms with E-state index in [0.29, 0.717) is 0 Å². The minimum Gasteiger partial charge on any atom is -0.0642 e. The molecular formula is C7H14PS+. The summed E-state index contributed by atoms with van der Waals surface area (Å²) in [5.74, 6) is 0. The second-order valence-electron chi connectivity index (χ2n) is 2.64. The van der Waals surface area contributed by atoms with E-state index < -0.39 is 0 Å². The van der Waals surface area contributed by atoms with Crippen molar-refractivity contribution in [1.29, 1.82) is 0 Å². The lowest BCUT2D eigenvalue weighted by molar-refractivity contribution is 0.743. The third kappa shape index (κ3) is 1.72. The predicted molar refractivity (Wildman–Crippen MR) is 49.8 cm³/mol. The van der Waals surface area contributed by atoms with E-state index >= 15 is 0 Å². The third-order valence-electron chi connectivity index (χ3n) is 1.84. The topological polar surface area (TPSA) is 0 Å². The summed E-state index contributed by atoms with van der Waals surface area (Å²) >= 11 is 2.13. The molecule has 3 unspecified atom stereocenters. The molecule has 0 bridgehead atoms. The van der Waals surface area contributed by atoms with Crippen molar-refractivity contribution in [2.45, 2.75) is 37.6 Å². The molecule has 0 aromatic carbocycles. The summed E-state index contributed by atoms with van der Waals surface area (Å²) in [5, 5.41) is 0.934. The highest BCUT2D eigenvalue weighted by Gasteiger charge is 2.34. The highest BCUT2D eigenvalue weighted by atomic mass is 32.7. The molecular weight excluding hydrogens is 147 g/mol. The molecule has 1 aliphatic rings. The van der Waals surface area contributed by atoms with Crippen LogP contribution < -0.4 is 0 Å². The van der Waals surface area contributed by atoms with Crippen molar-refractivity contribution < 1.29 is 0 Å². The van der Waals surface area contributed by atoms with Crippen molar-refractivity contribution in [3.63, 3.8) is 0 Å². The molecule has 0 radical (unpaired) electrons. The minimum absolute atomic E-state index is 0.0953. The maximum atomic E-state index is 4.14. The normalized spacial score (nSPS) is 39.6. The van der Waals surface area contributed by atoms with E-state index in [2.05, 4.69) is 31.5 Å². The quantitative estimate of drug-likeness (QED) is 0.532. The van der Waals surface area contributed by atoms with E-state index in [1.54, 1.807) is 0 Å². The van der Waals surface area contributed by atoms with Gasteiger partial charge in [0.1, 0.15) is 5.66 Å². The third-order valence-corrected chi connectivity index (χ3v) is 6.91. The molecule has 1 rings (SSSR count). The average molecular weight is 161 g/mol. The van der Waals surface area contributed by atoms with Gasteiger partial charge in [0.05, 0.1) is 22.9 Å². The van der Waals surface area contributed by atoms with Crippen molar-refractivity contribution in [3.05, 3.63) is 0 Å². The summed E-state index contributed by atoms with van der Waals surface area (Å²) in [4.78, 5) is 0. The first-order valence-corrected chi connectivity index (χ1v) is 6.58. The van der Waals surface area contributed by atoms with Gasteiger partial charge in [0.15, 0.2) is 6.75 Å². The summed E-state index contributed by atoms with van der Waals surface area (Å²) in [7, 11) is 0. The van der Waals surface area contributed by atoms with Crippen LogP contribution in [-0.4, -0.2) is 17.2 Å². The zero-order chi connectivity index (χ0) is 6.85. The molecule has 0 nitrogen and oxygen atoms in total. The lowest BCUT2D eigenvalue weighted by Crippen LogP contribution is -1.97. The second-order valence-corrected chi connectivity index (χ2v) is 7.27. The Hall–Kier alpha value is 0.520. The Balaban J connectivity index is 2.44. The molecule has 0 amide bonds. The molecule has 0 aromatic rings. The zero-order valence-corrected chi connectivity index (χ0v) is 7.84. The molecule has 2 heteroatoms. The van der Waals surface area contributed by atoms with Gasteiger partial charge in [-0.3, -0.25) is 0 Å². The van der Waals surface area contributed by atoms with E-state index in [1.165, 1.54) is 12.8 Å². The van der Waals surface area contributed by atoms with E-state index in [0.717, 1.165) is 10.9 Å². The van der Waals surface area contributed by atoms with Crippen LogP contribution in [0.15, 0.2) is 0 Å². The van der Waals surface area contributed by atoms with Crippen molar-refractivity contribution in [2.75, 3.05) is 0 Å². The Morgan fingerprint density at radius 1 is 1.78 bits per heavy atom. The Morgan fingerprint density at radius 2 is 2.44 bits per heavy atom. The SMILES string of the molecule is C=[P+]1SC(CC)CC1C. The molecule has 0 saturated carbocycles. The molecule has 0 spiro atoms. The van der Waals surface area contributed by atoms with Gasteiger partial charge in [0, 0.05) is 6.42 Å². The van der Waals surface area contributed by atoms with Crippen molar-refractivity contribution >= 4 is 24.4 Å². The Bertz CT molecular complexity index is 122. The highest BCUT2D eigenvalue weighted by Crippen LogP contribution is 2.55. The molecule has 1 fully saturated rings. The largest absolute Gasteiger partial charge is 0.160 e. The van der Waals surface area contributed by atoms with Crippen molar-refractivity contribution in [3.8, 4) is 0 Å². The molecule has 0 aromatic heterocycles. The van der Waals surface area contributed by atoms with Gasteiger partial charge in [-0.05, 0) is 13.3 Å². The summed E-state index contributed by atoms with van der Waals surface area (Å²) in [5.41, 5.74) is 0.912. The van der Waals surface area contributed by atoms with Crippen LogP contribution in [-0.2, 0) is 0 Å². The summed E-state index contributed by atoms with van der Waals surface area (Å²) in [6.45, 7) is 4.71.